The van der Waals surface area contributed by atoms with Crippen molar-refractivity contribution in [2.75, 3.05) is 25.0 Å². The smallest absolute Gasteiger partial charge is 0.366 e. The molecule has 0 bridgehead atoms. The number of rotatable bonds is 5. The van der Waals surface area contributed by atoms with Crippen LogP contribution in [0, 0.1) is 0 Å². The molecule has 2 aromatic rings. The molecule has 2 aromatic heterocycles. The van der Waals surface area contributed by atoms with Gasteiger partial charge in [0.2, 0.25) is 11.8 Å². The van der Waals surface area contributed by atoms with Crippen molar-refractivity contribution in [3.05, 3.63) is 17.3 Å². The highest BCUT2D eigenvalue weighted by Crippen LogP contribution is 2.39. The summed E-state index contributed by atoms with van der Waals surface area (Å²) < 4.78 is 41.5. The second-order valence-corrected chi connectivity index (χ2v) is 7.78. The standard InChI is InChI=1S/C19H25F3N6O2/c1-10(2)24-17-16-13(19(20,21)22)7-14(25-18(16)27-26-17)12-5-4-6-28(9-12)15(30)8-23-11(3)29/h7,10,12H,4-6,8-9H2,1-3H3,(H,23,29)(H2,24,25,26,27). The van der Waals surface area contributed by atoms with E-state index in [0.717, 1.165) is 6.07 Å². The zero-order chi connectivity index (χ0) is 22.1. The van der Waals surface area contributed by atoms with Gasteiger partial charge in [-0.1, -0.05) is 0 Å². The Morgan fingerprint density at radius 1 is 1.37 bits per heavy atom. The molecule has 0 aromatic carbocycles. The number of hydrogen-bond donors (Lipinski definition) is 3. The Bertz CT molecular complexity index is 940. The average molecular weight is 426 g/mol. The lowest BCUT2D eigenvalue weighted by molar-refractivity contribution is -0.136. The van der Waals surface area contributed by atoms with Gasteiger partial charge in [0.15, 0.2) is 11.5 Å². The molecule has 2 amide bonds. The quantitative estimate of drug-likeness (QED) is 0.682. The van der Waals surface area contributed by atoms with E-state index in [2.05, 4.69) is 25.8 Å². The first-order valence-electron chi connectivity index (χ1n) is 9.81. The van der Waals surface area contributed by atoms with Crippen LogP contribution in [0.5, 0.6) is 0 Å². The molecule has 3 rings (SSSR count). The summed E-state index contributed by atoms with van der Waals surface area (Å²) in [5, 5.41) is 11.9. The van der Waals surface area contributed by atoms with Gasteiger partial charge in [-0.3, -0.25) is 14.7 Å². The minimum absolute atomic E-state index is 0.0599. The van der Waals surface area contributed by atoms with Crippen LogP contribution < -0.4 is 10.6 Å². The van der Waals surface area contributed by atoms with Gasteiger partial charge in [0.1, 0.15) is 0 Å². The van der Waals surface area contributed by atoms with Gasteiger partial charge in [-0.15, -0.1) is 0 Å². The number of alkyl halides is 3. The van der Waals surface area contributed by atoms with Gasteiger partial charge in [0.05, 0.1) is 17.5 Å². The summed E-state index contributed by atoms with van der Waals surface area (Å²) in [6.45, 7) is 5.55. The van der Waals surface area contributed by atoms with E-state index in [1.807, 2.05) is 13.8 Å². The molecule has 164 valence electrons. The van der Waals surface area contributed by atoms with Gasteiger partial charge < -0.3 is 15.5 Å². The summed E-state index contributed by atoms with van der Waals surface area (Å²) in [4.78, 5) is 29.3. The number of anilines is 1. The van der Waals surface area contributed by atoms with Crippen LogP contribution in [-0.2, 0) is 15.8 Å². The molecule has 0 radical (unpaired) electrons. The normalized spacial score (nSPS) is 17.4. The molecule has 1 aliphatic rings. The van der Waals surface area contributed by atoms with Gasteiger partial charge in [-0.25, -0.2) is 4.98 Å². The van der Waals surface area contributed by atoms with Gasteiger partial charge in [0, 0.05) is 37.7 Å². The second-order valence-electron chi connectivity index (χ2n) is 7.78. The van der Waals surface area contributed by atoms with E-state index in [1.165, 1.54) is 6.92 Å². The highest BCUT2D eigenvalue weighted by Gasteiger charge is 2.37. The Kier molecular flexibility index (Phi) is 6.18. The third-order valence-corrected chi connectivity index (χ3v) is 4.96. The van der Waals surface area contributed by atoms with Crippen LogP contribution in [0.2, 0.25) is 0 Å². The Balaban J connectivity index is 1.92. The van der Waals surface area contributed by atoms with Crippen molar-refractivity contribution in [3.8, 4) is 0 Å². The van der Waals surface area contributed by atoms with E-state index in [1.54, 1.807) is 4.90 Å². The number of aromatic nitrogens is 3. The Labute approximate surface area is 171 Å². The lowest BCUT2D eigenvalue weighted by Crippen LogP contribution is -2.44. The van der Waals surface area contributed by atoms with Crippen molar-refractivity contribution in [2.45, 2.75) is 51.7 Å². The van der Waals surface area contributed by atoms with Crippen molar-refractivity contribution in [3.63, 3.8) is 0 Å². The van der Waals surface area contributed by atoms with Crippen LogP contribution in [0.4, 0.5) is 19.0 Å². The minimum Gasteiger partial charge on any atom is -0.366 e. The summed E-state index contributed by atoms with van der Waals surface area (Å²) >= 11 is 0. The third-order valence-electron chi connectivity index (χ3n) is 4.96. The topological polar surface area (TPSA) is 103 Å². The zero-order valence-electron chi connectivity index (χ0n) is 17.1. The fourth-order valence-corrected chi connectivity index (χ4v) is 3.62. The maximum absolute atomic E-state index is 13.8. The molecule has 11 heteroatoms. The van der Waals surface area contributed by atoms with E-state index >= 15 is 0 Å². The average Bonchev–Trinajstić information content (AvgIpc) is 3.06. The Hall–Kier alpha value is -2.85. The molecule has 1 unspecified atom stereocenters. The van der Waals surface area contributed by atoms with E-state index in [9.17, 15) is 22.8 Å². The van der Waals surface area contributed by atoms with Crippen molar-refractivity contribution >= 4 is 28.7 Å². The van der Waals surface area contributed by atoms with Crippen molar-refractivity contribution in [2.24, 2.45) is 0 Å². The van der Waals surface area contributed by atoms with Gasteiger partial charge >= 0.3 is 6.18 Å². The molecule has 8 nitrogen and oxygen atoms in total. The highest BCUT2D eigenvalue weighted by atomic mass is 19.4. The van der Waals surface area contributed by atoms with Crippen LogP contribution in [0.25, 0.3) is 11.0 Å². The highest BCUT2D eigenvalue weighted by molar-refractivity contribution is 5.91. The van der Waals surface area contributed by atoms with Crippen LogP contribution in [0.1, 0.15) is 50.8 Å². The SMILES string of the molecule is CC(=O)NCC(=O)N1CCCC(c2cc(C(F)(F)F)c3c(NC(C)C)n[nH]c3n2)C1. The van der Waals surface area contributed by atoms with E-state index in [0.29, 0.717) is 19.4 Å². The number of likely N-dealkylation sites (tertiary alicyclic amines) is 1. The number of halogens is 3. The van der Waals surface area contributed by atoms with Crippen molar-refractivity contribution in [1.29, 1.82) is 0 Å². The monoisotopic (exact) mass is 426 g/mol. The zero-order valence-corrected chi connectivity index (χ0v) is 17.1. The van der Waals surface area contributed by atoms with E-state index in [-0.39, 0.29) is 59.4 Å². The number of amides is 2. The summed E-state index contributed by atoms with van der Waals surface area (Å²) in [5.74, 6) is -0.807. The maximum Gasteiger partial charge on any atom is 0.417 e. The lowest BCUT2D eigenvalue weighted by atomic mass is 9.92. The number of fused-ring (bicyclic) bond motifs is 1. The molecule has 1 atom stereocenters. The molecule has 3 heterocycles. The summed E-state index contributed by atoms with van der Waals surface area (Å²) in [6, 6.07) is 0.967. The summed E-state index contributed by atoms with van der Waals surface area (Å²) in [7, 11) is 0. The number of H-pyrrole nitrogens is 1. The molecule has 30 heavy (non-hydrogen) atoms. The molecule has 1 saturated heterocycles. The summed E-state index contributed by atoms with van der Waals surface area (Å²) in [5.41, 5.74) is -0.475. The Morgan fingerprint density at radius 3 is 2.73 bits per heavy atom. The van der Waals surface area contributed by atoms with Crippen molar-refractivity contribution in [1.82, 2.24) is 25.4 Å². The van der Waals surface area contributed by atoms with Gasteiger partial charge in [0.25, 0.3) is 0 Å². The van der Waals surface area contributed by atoms with Crippen LogP contribution in [-0.4, -0.2) is 57.6 Å². The molecular weight excluding hydrogens is 401 g/mol. The first kappa shape index (κ1) is 21.8. The second kappa shape index (κ2) is 8.49. The lowest BCUT2D eigenvalue weighted by Gasteiger charge is -2.32. The van der Waals surface area contributed by atoms with Crippen LogP contribution in [0.15, 0.2) is 6.07 Å². The Morgan fingerprint density at radius 2 is 2.10 bits per heavy atom. The third kappa shape index (κ3) is 4.82. The molecule has 1 fully saturated rings. The predicted molar refractivity (Wildman–Crippen MR) is 105 cm³/mol. The maximum atomic E-state index is 13.8. The molecular formula is C19H25F3N6O2. The summed E-state index contributed by atoms with van der Waals surface area (Å²) in [6.07, 6.45) is -3.32. The van der Waals surface area contributed by atoms with Crippen LogP contribution in [0.3, 0.4) is 0 Å². The number of nitrogens with one attached hydrogen (secondary N) is 3. The minimum atomic E-state index is -4.58. The number of hydrogen-bond acceptors (Lipinski definition) is 5. The molecule has 3 N–H and O–H groups in total. The molecule has 0 saturated carbocycles. The number of nitrogens with zero attached hydrogens (tertiary/aromatic N) is 3. The molecule has 0 aliphatic carbocycles. The number of carbonyl (C=O) groups excluding carboxylic acids is 2. The molecule has 1 aliphatic heterocycles. The van der Waals surface area contributed by atoms with Crippen LogP contribution >= 0.6 is 0 Å². The van der Waals surface area contributed by atoms with Gasteiger partial charge in [-0.2, -0.15) is 18.3 Å². The number of aromatic amines is 1. The first-order valence-corrected chi connectivity index (χ1v) is 9.81. The number of piperidine rings is 1. The fourth-order valence-electron chi connectivity index (χ4n) is 3.62. The number of pyridine rings is 1. The van der Waals surface area contributed by atoms with Crippen molar-refractivity contribution < 1.29 is 22.8 Å². The largest absolute Gasteiger partial charge is 0.417 e. The predicted octanol–water partition coefficient (Wildman–Crippen LogP) is 2.64. The van der Waals surface area contributed by atoms with Gasteiger partial charge in [-0.05, 0) is 32.8 Å². The molecule has 0 spiro atoms. The van der Waals surface area contributed by atoms with E-state index in [4.69, 9.17) is 0 Å². The number of carbonyl (C=O) groups is 2. The fraction of sp³-hybridized carbons (Fsp3) is 0.579. The first-order chi connectivity index (χ1) is 14.1. The van der Waals surface area contributed by atoms with E-state index < -0.39 is 11.7 Å².